The molecule has 116 valence electrons. The van der Waals surface area contributed by atoms with Crippen molar-refractivity contribution in [1.29, 1.82) is 0 Å². The smallest absolute Gasteiger partial charge is 0.258 e. The largest absolute Gasteiger partial charge is 0.484 e. The number of amides is 1. The van der Waals surface area contributed by atoms with Gasteiger partial charge in [0.05, 0.1) is 6.04 Å². The fourth-order valence-electron chi connectivity index (χ4n) is 2.14. The van der Waals surface area contributed by atoms with E-state index >= 15 is 0 Å². The van der Waals surface area contributed by atoms with E-state index in [9.17, 15) is 4.79 Å². The van der Waals surface area contributed by atoms with Crippen molar-refractivity contribution >= 4 is 21.8 Å². The molecule has 0 spiro atoms. The standard InChI is InChI=1S/C18H20BrNO2/c1-12-8-9-15(10-13(12)2)22-11-18(21)20-14(3)16-6-4-5-7-17(16)19/h4-10,14H,11H2,1-3H3,(H,20,21)/t14-/m0/s1. The van der Waals surface area contributed by atoms with Crippen LogP contribution in [0.4, 0.5) is 0 Å². The summed E-state index contributed by atoms with van der Waals surface area (Å²) >= 11 is 3.49. The zero-order chi connectivity index (χ0) is 16.1. The molecule has 2 rings (SSSR count). The van der Waals surface area contributed by atoms with E-state index < -0.39 is 0 Å². The maximum atomic E-state index is 12.0. The maximum Gasteiger partial charge on any atom is 0.258 e. The maximum absolute atomic E-state index is 12.0. The Morgan fingerprint density at radius 1 is 1.18 bits per heavy atom. The highest BCUT2D eigenvalue weighted by Crippen LogP contribution is 2.22. The number of nitrogens with one attached hydrogen (secondary N) is 1. The Hall–Kier alpha value is -1.81. The van der Waals surface area contributed by atoms with E-state index in [2.05, 4.69) is 21.2 Å². The van der Waals surface area contributed by atoms with Crippen molar-refractivity contribution in [3.8, 4) is 5.75 Å². The molecular weight excluding hydrogens is 342 g/mol. The number of halogens is 1. The van der Waals surface area contributed by atoms with Crippen LogP contribution in [-0.4, -0.2) is 12.5 Å². The number of ether oxygens (including phenoxy) is 1. The molecule has 22 heavy (non-hydrogen) atoms. The quantitative estimate of drug-likeness (QED) is 0.860. The van der Waals surface area contributed by atoms with Gasteiger partial charge in [-0.1, -0.05) is 40.2 Å². The lowest BCUT2D eigenvalue weighted by atomic mass is 10.1. The summed E-state index contributed by atoms with van der Waals surface area (Å²) < 4.78 is 6.53. The van der Waals surface area contributed by atoms with Crippen molar-refractivity contribution in [2.24, 2.45) is 0 Å². The van der Waals surface area contributed by atoms with Crippen LogP contribution in [0.5, 0.6) is 5.75 Å². The Balaban J connectivity index is 1.90. The molecule has 0 aliphatic carbocycles. The summed E-state index contributed by atoms with van der Waals surface area (Å²) in [5.41, 5.74) is 3.40. The fraction of sp³-hybridized carbons (Fsp3) is 0.278. The second kappa shape index (κ2) is 7.45. The minimum Gasteiger partial charge on any atom is -0.484 e. The van der Waals surface area contributed by atoms with Gasteiger partial charge in [-0.05, 0) is 55.7 Å². The summed E-state index contributed by atoms with van der Waals surface area (Å²) in [5.74, 6) is 0.577. The molecule has 0 aliphatic heterocycles. The van der Waals surface area contributed by atoms with Crippen LogP contribution in [0.2, 0.25) is 0 Å². The van der Waals surface area contributed by atoms with Gasteiger partial charge in [-0.15, -0.1) is 0 Å². The molecule has 0 bridgehead atoms. The Bertz CT molecular complexity index is 670. The molecule has 0 aromatic heterocycles. The number of hydrogen-bond acceptors (Lipinski definition) is 2. The molecule has 1 atom stereocenters. The Morgan fingerprint density at radius 3 is 2.59 bits per heavy atom. The minimum absolute atomic E-state index is 0.0112. The van der Waals surface area contributed by atoms with Gasteiger partial charge in [0, 0.05) is 4.47 Å². The van der Waals surface area contributed by atoms with E-state index in [1.165, 1.54) is 5.56 Å². The molecule has 0 saturated carbocycles. The molecule has 1 N–H and O–H groups in total. The van der Waals surface area contributed by atoms with Gasteiger partial charge < -0.3 is 10.1 Å². The summed E-state index contributed by atoms with van der Waals surface area (Å²) in [6.07, 6.45) is 0. The molecule has 0 saturated heterocycles. The number of rotatable bonds is 5. The monoisotopic (exact) mass is 361 g/mol. The van der Waals surface area contributed by atoms with Crippen LogP contribution < -0.4 is 10.1 Å². The molecule has 0 unspecified atom stereocenters. The third-order valence-corrected chi connectivity index (χ3v) is 4.32. The highest BCUT2D eigenvalue weighted by Gasteiger charge is 2.12. The molecule has 0 aliphatic rings. The average Bonchev–Trinajstić information content (AvgIpc) is 2.49. The second-order valence-corrected chi connectivity index (χ2v) is 6.20. The molecule has 0 radical (unpaired) electrons. The summed E-state index contributed by atoms with van der Waals surface area (Å²) in [7, 11) is 0. The van der Waals surface area contributed by atoms with Gasteiger partial charge in [-0.25, -0.2) is 0 Å². The molecule has 4 heteroatoms. The lowest BCUT2D eigenvalue weighted by Gasteiger charge is -2.16. The third-order valence-electron chi connectivity index (χ3n) is 3.60. The van der Waals surface area contributed by atoms with Crippen LogP contribution in [0.25, 0.3) is 0 Å². The third kappa shape index (κ3) is 4.34. The average molecular weight is 362 g/mol. The SMILES string of the molecule is Cc1ccc(OCC(=O)N[C@@H](C)c2ccccc2Br)cc1C. The van der Waals surface area contributed by atoms with Crippen LogP contribution in [0.15, 0.2) is 46.9 Å². The van der Waals surface area contributed by atoms with Crippen LogP contribution in [-0.2, 0) is 4.79 Å². The predicted octanol–water partition coefficient (Wildman–Crippen LogP) is 4.32. The summed E-state index contributed by atoms with van der Waals surface area (Å²) in [4.78, 5) is 12.0. The number of carbonyl (C=O) groups is 1. The van der Waals surface area contributed by atoms with E-state index in [0.29, 0.717) is 5.75 Å². The van der Waals surface area contributed by atoms with E-state index in [-0.39, 0.29) is 18.6 Å². The predicted molar refractivity (Wildman–Crippen MR) is 92.1 cm³/mol. The van der Waals surface area contributed by atoms with Crippen molar-refractivity contribution in [3.63, 3.8) is 0 Å². The molecular formula is C18H20BrNO2. The molecule has 0 fully saturated rings. The first kappa shape index (κ1) is 16.6. The van der Waals surface area contributed by atoms with Crippen LogP contribution in [0.1, 0.15) is 29.7 Å². The lowest BCUT2D eigenvalue weighted by Crippen LogP contribution is -2.31. The molecule has 1 amide bonds. The number of benzene rings is 2. The van der Waals surface area contributed by atoms with Gasteiger partial charge in [0.15, 0.2) is 6.61 Å². The first-order valence-electron chi connectivity index (χ1n) is 7.21. The van der Waals surface area contributed by atoms with Gasteiger partial charge in [0.2, 0.25) is 0 Å². The van der Waals surface area contributed by atoms with Gasteiger partial charge in [0.1, 0.15) is 5.75 Å². The number of hydrogen-bond donors (Lipinski definition) is 1. The van der Waals surface area contributed by atoms with Crippen molar-refractivity contribution in [2.45, 2.75) is 26.8 Å². The van der Waals surface area contributed by atoms with Crippen molar-refractivity contribution in [1.82, 2.24) is 5.32 Å². The molecule has 2 aromatic rings. The van der Waals surface area contributed by atoms with E-state index in [4.69, 9.17) is 4.74 Å². The highest BCUT2D eigenvalue weighted by molar-refractivity contribution is 9.10. The fourth-order valence-corrected chi connectivity index (χ4v) is 2.77. The number of aryl methyl sites for hydroxylation is 2. The first-order chi connectivity index (χ1) is 10.5. The Kier molecular flexibility index (Phi) is 5.61. The van der Waals surface area contributed by atoms with Crippen molar-refractivity contribution in [3.05, 3.63) is 63.6 Å². The van der Waals surface area contributed by atoms with E-state index in [1.54, 1.807) is 0 Å². The first-order valence-corrected chi connectivity index (χ1v) is 8.00. The normalized spacial score (nSPS) is 11.8. The van der Waals surface area contributed by atoms with E-state index in [0.717, 1.165) is 15.6 Å². The Morgan fingerprint density at radius 2 is 1.91 bits per heavy atom. The van der Waals surface area contributed by atoms with Gasteiger partial charge in [-0.2, -0.15) is 0 Å². The number of carbonyl (C=O) groups excluding carboxylic acids is 1. The topological polar surface area (TPSA) is 38.3 Å². The minimum atomic E-state index is -0.138. The second-order valence-electron chi connectivity index (χ2n) is 5.35. The van der Waals surface area contributed by atoms with Crippen LogP contribution in [0.3, 0.4) is 0 Å². The summed E-state index contributed by atoms with van der Waals surface area (Å²) in [5, 5.41) is 2.94. The van der Waals surface area contributed by atoms with Crippen LogP contribution in [0, 0.1) is 13.8 Å². The Labute approximate surface area is 139 Å². The molecule has 2 aromatic carbocycles. The van der Waals surface area contributed by atoms with Gasteiger partial charge in [-0.3, -0.25) is 4.79 Å². The van der Waals surface area contributed by atoms with Crippen molar-refractivity contribution in [2.75, 3.05) is 6.61 Å². The molecule has 0 heterocycles. The van der Waals surface area contributed by atoms with Gasteiger partial charge >= 0.3 is 0 Å². The van der Waals surface area contributed by atoms with Gasteiger partial charge in [0.25, 0.3) is 5.91 Å². The summed E-state index contributed by atoms with van der Waals surface area (Å²) in [6.45, 7) is 6.04. The molecule has 3 nitrogen and oxygen atoms in total. The highest BCUT2D eigenvalue weighted by atomic mass is 79.9. The zero-order valence-corrected chi connectivity index (χ0v) is 14.6. The zero-order valence-electron chi connectivity index (χ0n) is 13.0. The van der Waals surface area contributed by atoms with Crippen molar-refractivity contribution < 1.29 is 9.53 Å². The van der Waals surface area contributed by atoms with Crippen LogP contribution >= 0.6 is 15.9 Å². The lowest BCUT2D eigenvalue weighted by molar-refractivity contribution is -0.123. The summed E-state index contributed by atoms with van der Waals surface area (Å²) in [6, 6.07) is 13.6. The van der Waals surface area contributed by atoms with E-state index in [1.807, 2.05) is 63.2 Å².